The fraction of sp³-hybridized carbons (Fsp3) is 0.0500. The number of halogens is 4. The number of nitrogens with two attached hydrogens (primary N) is 1. The van der Waals surface area contributed by atoms with Gasteiger partial charge in [-0.15, -0.1) is 0 Å². The molecule has 0 aliphatic heterocycles. The standard InChI is InChI=1S/C20H13F4N5O2S/c21-17-6-1-11(9-26-17)16-8-13(20(22,23)24)7-12-10-27-19(29-18(12)16)28-14-2-4-15(5-3-14)32(25,30)31/h1-10H,(H2,25,30,31)(H,27,28,29). The predicted molar refractivity (Wildman–Crippen MR) is 109 cm³/mol. The van der Waals surface area contributed by atoms with Crippen LogP contribution in [-0.4, -0.2) is 23.4 Å². The van der Waals surface area contributed by atoms with E-state index in [1.165, 1.54) is 36.5 Å². The van der Waals surface area contributed by atoms with E-state index < -0.39 is 27.7 Å². The lowest BCUT2D eigenvalue weighted by Crippen LogP contribution is -2.11. The van der Waals surface area contributed by atoms with Crippen LogP contribution in [0.2, 0.25) is 0 Å². The van der Waals surface area contributed by atoms with Gasteiger partial charge in [0.1, 0.15) is 0 Å². The molecule has 0 unspecified atom stereocenters. The summed E-state index contributed by atoms with van der Waals surface area (Å²) in [5.74, 6) is -0.720. The Labute approximate surface area is 179 Å². The fourth-order valence-electron chi connectivity index (χ4n) is 2.98. The van der Waals surface area contributed by atoms with Crippen LogP contribution in [0.15, 0.2) is 65.8 Å². The number of benzene rings is 2. The van der Waals surface area contributed by atoms with Gasteiger partial charge in [0.15, 0.2) is 0 Å². The molecule has 0 atom stereocenters. The van der Waals surface area contributed by atoms with E-state index >= 15 is 0 Å². The van der Waals surface area contributed by atoms with Gasteiger partial charge in [-0.05, 0) is 48.5 Å². The molecule has 0 aliphatic carbocycles. The molecule has 0 saturated heterocycles. The Bertz CT molecular complexity index is 1410. The summed E-state index contributed by atoms with van der Waals surface area (Å²) < 4.78 is 76.1. The van der Waals surface area contributed by atoms with Gasteiger partial charge in [0.2, 0.25) is 21.9 Å². The molecule has 164 valence electrons. The van der Waals surface area contributed by atoms with Crippen LogP contribution >= 0.6 is 0 Å². The van der Waals surface area contributed by atoms with Crippen LogP contribution in [0.5, 0.6) is 0 Å². The summed E-state index contributed by atoms with van der Waals surface area (Å²) in [6, 6.07) is 9.60. The third-order valence-electron chi connectivity index (χ3n) is 4.49. The van der Waals surface area contributed by atoms with Crippen molar-refractivity contribution >= 4 is 32.6 Å². The lowest BCUT2D eigenvalue weighted by atomic mass is 10.0. The predicted octanol–water partition coefficient (Wildman–Crippen LogP) is 4.24. The van der Waals surface area contributed by atoms with Gasteiger partial charge in [-0.1, -0.05) is 0 Å². The van der Waals surface area contributed by atoms with Crippen LogP contribution in [0.3, 0.4) is 0 Å². The number of pyridine rings is 1. The Morgan fingerprint density at radius 2 is 1.66 bits per heavy atom. The lowest BCUT2D eigenvalue weighted by molar-refractivity contribution is -0.137. The van der Waals surface area contributed by atoms with Crippen molar-refractivity contribution in [1.29, 1.82) is 0 Å². The second-order valence-electron chi connectivity index (χ2n) is 6.72. The Hall–Kier alpha value is -3.64. The smallest absolute Gasteiger partial charge is 0.324 e. The highest BCUT2D eigenvalue weighted by atomic mass is 32.2. The van der Waals surface area contributed by atoms with Crippen LogP contribution in [0.25, 0.3) is 22.0 Å². The number of alkyl halides is 3. The lowest BCUT2D eigenvalue weighted by Gasteiger charge is -2.13. The average Bonchev–Trinajstić information content (AvgIpc) is 2.73. The first-order valence-electron chi connectivity index (χ1n) is 8.90. The second kappa shape index (κ2) is 7.80. The first-order chi connectivity index (χ1) is 15.0. The zero-order valence-electron chi connectivity index (χ0n) is 15.9. The number of nitrogens with zero attached hydrogens (tertiary/aromatic N) is 3. The van der Waals surface area contributed by atoms with Gasteiger partial charge in [-0.2, -0.15) is 17.6 Å². The second-order valence-corrected chi connectivity index (χ2v) is 8.28. The molecule has 0 radical (unpaired) electrons. The summed E-state index contributed by atoms with van der Waals surface area (Å²) in [6.45, 7) is 0. The highest BCUT2D eigenvalue weighted by molar-refractivity contribution is 7.89. The monoisotopic (exact) mass is 463 g/mol. The summed E-state index contributed by atoms with van der Waals surface area (Å²) in [6.07, 6.45) is -2.27. The number of hydrogen-bond acceptors (Lipinski definition) is 6. The van der Waals surface area contributed by atoms with Gasteiger partial charge in [0.25, 0.3) is 0 Å². The average molecular weight is 463 g/mol. The molecule has 7 nitrogen and oxygen atoms in total. The van der Waals surface area contributed by atoms with Crippen molar-refractivity contribution in [1.82, 2.24) is 15.0 Å². The molecule has 0 bridgehead atoms. The number of fused-ring (bicyclic) bond motifs is 1. The van der Waals surface area contributed by atoms with Crippen LogP contribution in [0.4, 0.5) is 29.2 Å². The Kier molecular flexibility index (Phi) is 5.26. The quantitative estimate of drug-likeness (QED) is 0.346. The molecular weight excluding hydrogens is 450 g/mol. The first-order valence-corrected chi connectivity index (χ1v) is 10.5. The maximum atomic E-state index is 13.4. The number of aromatic nitrogens is 3. The summed E-state index contributed by atoms with van der Waals surface area (Å²) >= 11 is 0. The minimum atomic E-state index is -4.61. The highest BCUT2D eigenvalue weighted by Gasteiger charge is 2.32. The largest absolute Gasteiger partial charge is 0.416 e. The molecule has 2 aromatic carbocycles. The van der Waals surface area contributed by atoms with E-state index in [0.29, 0.717) is 5.69 Å². The van der Waals surface area contributed by atoms with E-state index in [2.05, 4.69) is 20.3 Å². The Morgan fingerprint density at radius 1 is 0.938 bits per heavy atom. The Morgan fingerprint density at radius 3 is 2.25 bits per heavy atom. The van der Waals surface area contributed by atoms with Crippen LogP contribution in [0, 0.1) is 5.95 Å². The number of rotatable bonds is 4. The normalized spacial score (nSPS) is 12.2. The summed E-state index contributed by atoms with van der Waals surface area (Å²) in [5.41, 5.74) is 0.0351. The van der Waals surface area contributed by atoms with Crippen LogP contribution < -0.4 is 10.5 Å². The molecule has 12 heteroatoms. The molecule has 2 aromatic heterocycles. The molecule has 0 aliphatic rings. The molecule has 0 amide bonds. The zero-order valence-corrected chi connectivity index (χ0v) is 16.7. The molecule has 2 heterocycles. The van der Waals surface area contributed by atoms with Gasteiger partial charge < -0.3 is 5.32 Å². The maximum absolute atomic E-state index is 13.4. The zero-order chi connectivity index (χ0) is 23.1. The SMILES string of the molecule is NS(=O)(=O)c1ccc(Nc2ncc3cc(C(F)(F)F)cc(-c4ccc(F)nc4)c3n2)cc1. The number of sulfonamides is 1. The number of anilines is 2. The van der Waals surface area contributed by atoms with E-state index in [-0.39, 0.29) is 32.9 Å². The third-order valence-corrected chi connectivity index (χ3v) is 5.42. The Balaban J connectivity index is 1.80. The van der Waals surface area contributed by atoms with E-state index in [9.17, 15) is 26.0 Å². The molecule has 0 spiro atoms. The van der Waals surface area contributed by atoms with Gasteiger partial charge in [-0.25, -0.2) is 28.5 Å². The first kappa shape index (κ1) is 21.6. The fourth-order valence-corrected chi connectivity index (χ4v) is 3.50. The van der Waals surface area contributed by atoms with E-state index in [1.54, 1.807) is 0 Å². The van der Waals surface area contributed by atoms with Crippen molar-refractivity contribution in [2.45, 2.75) is 11.1 Å². The van der Waals surface area contributed by atoms with Crippen molar-refractivity contribution in [3.8, 4) is 11.1 Å². The minimum absolute atomic E-state index is 0.0527. The van der Waals surface area contributed by atoms with E-state index in [0.717, 1.165) is 24.4 Å². The molecule has 0 fully saturated rings. The summed E-state index contributed by atoms with van der Waals surface area (Å²) in [4.78, 5) is 11.8. The van der Waals surface area contributed by atoms with Crippen LogP contribution in [0.1, 0.15) is 5.56 Å². The van der Waals surface area contributed by atoms with Crippen molar-refractivity contribution in [2.24, 2.45) is 5.14 Å². The molecule has 3 N–H and O–H groups in total. The summed E-state index contributed by atoms with van der Waals surface area (Å²) in [7, 11) is -3.86. The summed E-state index contributed by atoms with van der Waals surface area (Å²) in [5, 5.41) is 8.04. The molecule has 32 heavy (non-hydrogen) atoms. The van der Waals surface area contributed by atoms with Crippen molar-refractivity contribution in [3.05, 3.63) is 72.4 Å². The molecule has 4 rings (SSSR count). The number of hydrogen-bond donors (Lipinski definition) is 2. The number of primary sulfonamides is 1. The van der Waals surface area contributed by atoms with Gasteiger partial charge in [0.05, 0.1) is 16.0 Å². The van der Waals surface area contributed by atoms with Crippen molar-refractivity contribution < 1.29 is 26.0 Å². The molecule has 4 aromatic rings. The maximum Gasteiger partial charge on any atom is 0.416 e. The van der Waals surface area contributed by atoms with Crippen molar-refractivity contribution in [3.63, 3.8) is 0 Å². The molecular formula is C20H13F4N5O2S. The van der Waals surface area contributed by atoms with Crippen molar-refractivity contribution in [2.75, 3.05) is 5.32 Å². The van der Waals surface area contributed by atoms with E-state index in [1.807, 2.05) is 0 Å². The topological polar surface area (TPSA) is 111 Å². The van der Waals surface area contributed by atoms with Gasteiger partial charge in [-0.3, -0.25) is 0 Å². The minimum Gasteiger partial charge on any atom is -0.324 e. The highest BCUT2D eigenvalue weighted by Crippen LogP contribution is 2.36. The number of nitrogens with one attached hydrogen (secondary N) is 1. The van der Waals surface area contributed by atoms with E-state index in [4.69, 9.17) is 5.14 Å². The third kappa shape index (κ3) is 4.50. The van der Waals surface area contributed by atoms with Crippen LogP contribution in [-0.2, 0) is 16.2 Å². The van der Waals surface area contributed by atoms with Gasteiger partial charge >= 0.3 is 6.18 Å². The molecule has 0 saturated carbocycles. The van der Waals surface area contributed by atoms with Gasteiger partial charge in [0, 0.05) is 34.6 Å².